The van der Waals surface area contributed by atoms with Crippen LogP contribution in [0.3, 0.4) is 0 Å². The summed E-state index contributed by atoms with van der Waals surface area (Å²) >= 11 is 0. The minimum absolute atomic E-state index is 0.0380. The molecule has 1 aliphatic heterocycles. The second-order valence-corrected chi connectivity index (χ2v) is 5.78. The molecule has 25 heavy (non-hydrogen) atoms. The van der Waals surface area contributed by atoms with Crippen molar-refractivity contribution in [3.8, 4) is 11.5 Å². The van der Waals surface area contributed by atoms with E-state index in [9.17, 15) is 9.59 Å². The van der Waals surface area contributed by atoms with Crippen molar-refractivity contribution in [2.45, 2.75) is 13.8 Å². The molecule has 1 saturated heterocycles. The summed E-state index contributed by atoms with van der Waals surface area (Å²) in [6.07, 6.45) is 0. The summed E-state index contributed by atoms with van der Waals surface area (Å²) in [5.74, 6) is 0.867. The van der Waals surface area contributed by atoms with Crippen LogP contribution in [0.4, 0.5) is 4.79 Å². The first-order chi connectivity index (χ1) is 12.1. The number of urea groups is 1. The summed E-state index contributed by atoms with van der Waals surface area (Å²) in [6, 6.07) is 5.30. The highest BCUT2D eigenvalue weighted by Gasteiger charge is 2.28. The lowest BCUT2D eigenvalue weighted by Crippen LogP contribution is -2.54. The highest BCUT2D eigenvalue weighted by molar-refractivity contribution is 5.98. The number of ether oxygens (including phenoxy) is 2. The number of nitrogens with zero attached hydrogens (tertiary/aromatic N) is 3. The summed E-state index contributed by atoms with van der Waals surface area (Å²) in [7, 11) is 3.07. The maximum absolute atomic E-state index is 12.8. The highest BCUT2D eigenvalue weighted by atomic mass is 16.5. The van der Waals surface area contributed by atoms with Crippen molar-refractivity contribution < 1.29 is 19.1 Å². The van der Waals surface area contributed by atoms with Gasteiger partial charge in [0.25, 0.3) is 5.91 Å². The fourth-order valence-corrected chi connectivity index (χ4v) is 3.02. The summed E-state index contributed by atoms with van der Waals surface area (Å²) in [4.78, 5) is 30.6. The van der Waals surface area contributed by atoms with Crippen molar-refractivity contribution in [2.75, 3.05) is 53.5 Å². The minimum atomic E-state index is -0.106. The molecule has 0 saturated carbocycles. The Kier molecular flexibility index (Phi) is 6.50. The van der Waals surface area contributed by atoms with Crippen LogP contribution in [0.2, 0.25) is 0 Å². The van der Waals surface area contributed by atoms with E-state index in [1.807, 2.05) is 13.8 Å². The second kappa shape index (κ2) is 8.60. The van der Waals surface area contributed by atoms with Gasteiger partial charge >= 0.3 is 6.03 Å². The first kappa shape index (κ1) is 18.9. The van der Waals surface area contributed by atoms with Gasteiger partial charge < -0.3 is 24.2 Å². The van der Waals surface area contributed by atoms with Gasteiger partial charge in [0.1, 0.15) is 0 Å². The third kappa shape index (κ3) is 3.97. The van der Waals surface area contributed by atoms with Crippen LogP contribution in [-0.4, -0.2) is 80.1 Å². The molecular formula is C18H27N3O4. The quantitative estimate of drug-likeness (QED) is 0.815. The number of benzene rings is 1. The molecule has 138 valence electrons. The van der Waals surface area contributed by atoms with Gasteiger partial charge in [-0.1, -0.05) is 6.07 Å². The molecule has 0 bridgehead atoms. The average Bonchev–Trinajstić information content (AvgIpc) is 2.67. The van der Waals surface area contributed by atoms with E-state index < -0.39 is 0 Å². The Morgan fingerprint density at radius 3 is 2.12 bits per heavy atom. The van der Waals surface area contributed by atoms with Gasteiger partial charge in [-0.3, -0.25) is 4.79 Å². The van der Waals surface area contributed by atoms with Crippen molar-refractivity contribution in [1.29, 1.82) is 0 Å². The predicted molar refractivity (Wildman–Crippen MR) is 95.3 cm³/mol. The Morgan fingerprint density at radius 2 is 1.60 bits per heavy atom. The lowest BCUT2D eigenvalue weighted by Gasteiger charge is -2.37. The predicted octanol–water partition coefficient (Wildman–Crippen LogP) is 1.92. The van der Waals surface area contributed by atoms with Crippen molar-refractivity contribution >= 4 is 11.9 Å². The molecule has 1 heterocycles. The van der Waals surface area contributed by atoms with Crippen molar-refractivity contribution in [3.63, 3.8) is 0 Å². The van der Waals surface area contributed by atoms with Gasteiger partial charge in [-0.15, -0.1) is 0 Å². The van der Waals surface area contributed by atoms with E-state index in [0.717, 1.165) is 0 Å². The number of para-hydroxylation sites is 1. The number of rotatable bonds is 5. The van der Waals surface area contributed by atoms with Gasteiger partial charge in [0.15, 0.2) is 11.5 Å². The topological polar surface area (TPSA) is 62.3 Å². The molecule has 0 atom stereocenters. The lowest BCUT2D eigenvalue weighted by atomic mass is 10.1. The molecule has 7 heteroatoms. The monoisotopic (exact) mass is 349 g/mol. The Morgan fingerprint density at radius 1 is 1.00 bits per heavy atom. The summed E-state index contributed by atoms with van der Waals surface area (Å²) < 4.78 is 10.6. The molecular weight excluding hydrogens is 322 g/mol. The van der Waals surface area contributed by atoms with E-state index >= 15 is 0 Å². The standard InChI is InChI=1S/C18H27N3O4/c1-5-19(6-2)18(23)21-12-10-20(11-13-21)17(22)14-8-7-9-15(24-3)16(14)25-4/h7-9H,5-6,10-13H2,1-4H3. The van der Waals surface area contributed by atoms with Crippen molar-refractivity contribution in [1.82, 2.24) is 14.7 Å². The molecule has 7 nitrogen and oxygen atoms in total. The van der Waals surface area contributed by atoms with Crippen LogP contribution in [0, 0.1) is 0 Å². The molecule has 1 fully saturated rings. The van der Waals surface area contributed by atoms with E-state index in [4.69, 9.17) is 9.47 Å². The van der Waals surface area contributed by atoms with E-state index in [2.05, 4.69) is 0 Å². The van der Waals surface area contributed by atoms with E-state index in [1.54, 1.807) is 40.0 Å². The van der Waals surface area contributed by atoms with Gasteiger partial charge in [-0.2, -0.15) is 0 Å². The third-order valence-electron chi connectivity index (χ3n) is 4.50. The van der Waals surface area contributed by atoms with Crippen molar-refractivity contribution in [3.05, 3.63) is 23.8 Å². The van der Waals surface area contributed by atoms with Gasteiger partial charge in [0, 0.05) is 39.3 Å². The highest BCUT2D eigenvalue weighted by Crippen LogP contribution is 2.31. The zero-order valence-electron chi connectivity index (χ0n) is 15.4. The molecule has 0 aliphatic carbocycles. The Hall–Kier alpha value is -2.44. The van der Waals surface area contributed by atoms with Crippen molar-refractivity contribution in [2.24, 2.45) is 0 Å². The Balaban J connectivity index is 2.06. The van der Waals surface area contributed by atoms with Crippen LogP contribution in [0.1, 0.15) is 24.2 Å². The largest absolute Gasteiger partial charge is 0.493 e. The molecule has 2 rings (SSSR count). The number of hydrogen-bond acceptors (Lipinski definition) is 4. The SMILES string of the molecule is CCN(CC)C(=O)N1CCN(C(=O)c2cccc(OC)c2OC)CC1. The fraction of sp³-hybridized carbons (Fsp3) is 0.556. The van der Waals surface area contributed by atoms with E-state index in [1.165, 1.54) is 7.11 Å². The molecule has 0 spiro atoms. The van der Waals surface area contributed by atoms with Crippen LogP contribution < -0.4 is 9.47 Å². The molecule has 1 aliphatic rings. The molecule has 1 aromatic carbocycles. The van der Waals surface area contributed by atoms with Gasteiger partial charge in [0.05, 0.1) is 19.8 Å². The normalized spacial score (nSPS) is 14.2. The van der Waals surface area contributed by atoms with E-state index in [0.29, 0.717) is 56.3 Å². The number of methoxy groups -OCH3 is 2. The number of piperazine rings is 1. The van der Waals surface area contributed by atoms with Gasteiger partial charge in [-0.25, -0.2) is 4.79 Å². The fourth-order valence-electron chi connectivity index (χ4n) is 3.02. The summed E-state index contributed by atoms with van der Waals surface area (Å²) in [5.41, 5.74) is 0.477. The number of amides is 3. The molecule has 0 radical (unpaired) electrons. The number of carbonyl (C=O) groups is 2. The Bertz CT molecular complexity index is 608. The third-order valence-corrected chi connectivity index (χ3v) is 4.50. The van der Waals surface area contributed by atoms with Crippen LogP contribution in [0.5, 0.6) is 11.5 Å². The van der Waals surface area contributed by atoms with E-state index in [-0.39, 0.29) is 11.9 Å². The van der Waals surface area contributed by atoms with Gasteiger partial charge in [-0.05, 0) is 26.0 Å². The number of carbonyl (C=O) groups excluding carboxylic acids is 2. The first-order valence-corrected chi connectivity index (χ1v) is 8.61. The van der Waals surface area contributed by atoms with Gasteiger partial charge in [0.2, 0.25) is 0 Å². The Labute approximate surface area is 149 Å². The summed E-state index contributed by atoms with van der Waals surface area (Å²) in [6.45, 7) is 7.40. The molecule has 3 amide bonds. The summed E-state index contributed by atoms with van der Waals surface area (Å²) in [5, 5.41) is 0. The smallest absolute Gasteiger partial charge is 0.320 e. The first-order valence-electron chi connectivity index (χ1n) is 8.61. The zero-order valence-corrected chi connectivity index (χ0v) is 15.4. The molecule has 0 N–H and O–H groups in total. The van der Waals surface area contributed by atoms with Crippen LogP contribution in [-0.2, 0) is 0 Å². The molecule has 0 aromatic heterocycles. The average molecular weight is 349 g/mol. The lowest BCUT2D eigenvalue weighted by molar-refractivity contribution is 0.0638. The second-order valence-electron chi connectivity index (χ2n) is 5.78. The van der Waals surface area contributed by atoms with Crippen LogP contribution >= 0.6 is 0 Å². The van der Waals surface area contributed by atoms with Crippen LogP contribution in [0.15, 0.2) is 18.2 Å². The minimum Gasteiger partial charge on any atom is -0.493 e. The maximum Gasteiger partial charge on any atom is 0.320 e. The maximum atomic E-state index is 12.8. The number of hydrogen-bond donors (Lipinski definition) is 0. The van der Waals surface area contributed by atoms with Crippen LogP contribution in [0.25, 0.3) is 0 Å². The molecule has 1 aromatic rings. The zero-order chi connectivity index (χ0) is 18.4. The molecule has 0 unspecified atom stereocenters.